The molecule has 3 N–H and O–H groups in total. The lowest BCUT2D eigenvalue weighted by molar-refractivity contribution is -0.112. The van der Waals surface area contributed by atoms with Gasteiger partial charge in [-0.05, 0) is 38.1 Å². The predicted octanol–water partition coefficient (Wildman–Crippen LogP) is 1.63. The van der Waals surface area contributed by atoms with Gasteiger partial charge in [-0.15, -0.1) is 0 Å². The molecule has 144 valence electrons. The van der Waals surface area contributed by atoms with E-state index in [4.69, 9.17) is 15.2 Å². The van der Waals surface area contributed by atoms with E-state index < -0.39 is 18.0 Å². The monoisotopic (exact) mass is 374 g/mol. The van der Waals surface area contributed by atoms with E-state index in [1.54, 1.807) is 19.9 Å². The third-order valence-electron chi connectivity index (χ3n) is 3.18. The third-order valence-corrected chi connectivity index (χ3v) is 3.18. The molecule has 0 aliphatic rings. The fourth-order valence-corrected chi connectivity index (χ4v) is 1.95. The second-order valence-electron chi connectivity index (χ2n) is 5.09. The van der Waals surface area contributed by atoms with E-state index in [9.17, 15) is 19.6 Å². The van der Waals surface area contributed by atoms with Gasteiger partial charge in [0.1, 0.15) is 11.6 Å². The first kappa shape index (κ1) is 21.7. The number of nitrogens with two attached hydrogens (primary N) is 1. The van der Waals surface area contributed by atoms with Crippen molar-refractivity contribution in [3.63, 3.8) is 0 Å². The molecule has 0 spiro atoms. The smallest absolute Gasteiger partial charge is 0.413 e. The van der Waals surface area contributed by atoms with E-state index in [0.717, 1.165) is 11.1 Å². The molecule has 9 nitrogen and oxygen atoms in total. The highest BCUT2D eigenvalue weighted by Crippen LogP contribution is 2.12. The molecule has 27 heavy (non-hydrogen) atoms. The Morgan fingerprint density at radius 2 is 1.81 bits per heavy atom. The average Bonchev–Trinajstić information content (AvgIpc) is 2.65. The van der Waals surface area contributed by atoms with Crippen molar-refractivity contribution in [2.24, 2.45) is 5.73 Å². The Morgan fingerprint density at radius 1 is 1.19 bits per heavy atom. The second kappa shape index (κ2) is 11.3. The maximum atomic E-state index is 12.3. The van der Waals surface area contributed by atoms with E-state index in [1.165, 1.54) is 24.3 Å². The molecule has 0 radical (unpaired) electrons. The number of ether oxygens (including phenoxy) is 2. The van der Waals surface area contributed by atoms with Gasteiger partial charge in [0, 0.05) is 25.0 Å². The Hall–Kier alpha value is -3.38. The van der Waals surface area contributed by atoms with Crippen LogP contribution in [0.25, 0.3) is 0 Å². The van der Waals surface area contributed by atoms with Crippen LogP contribution < -0.4 is 11.1 Å². The minimum atomic E-state index is -0.715. The summed E-state index contributed by atoms with van der Waals surface area (Å²) in [6.07, 6.45) is 0.384. The first-order valence-corrected chi connectivity index (χ1v) is 8.30. The average molecular weight is 374 g/mol. The van der Waals surface area contributed by atoms with Crippen LogP contribution in [-0.2, 0) is 14.3 Å². The van der Waals surface area contributed by atoms with Crippen LogP contribution in [0, 0.1) is 11.3 Å². The van der Waals surface area contributed by atoms with Gasteiger partial charge in [-0.25, -0.2) is 9.59 Å². The minimum Gasteiger partial charge on any atom is -0.462 e. The first-order chi connectivity index (χ1) is 13.0. The fourth-order valence-electron chi connectivity index (χ4n) is 1.95. The zero-order valence-electron chi connectivity index (χ0n) is 15.2. The number of carbonyl (C=O) groups is 3. The summed E-state index contributed by atoms with van der Waals surface area (Å²) in [4.78, 5) is 36.8. The second-order valence-corrected chi connectivity index (χ2v) is 5.09. The maximum absolute atomic E-state index is 12.3. The van der Waals surface area contributed by atoms with Gasteiger partial charge in [-0.3, -0.25) is 9.69 Å². The summed E-state index contributed by atoms with van der Waals surface area (Å²) in [5.41, 5.74) is 5.85. The number of esters is 1. The Balaban J connectivity index is 2.89. The minimum absolute atomic E-state index is 0.0888. The van der Waals surface area contributed by atoms with Crippen LogP contribution in [-0.4, -0.2) is 49.2 Å². The highest BCUT2D eigenvalue weighted by Gasteiger charge is 2.17. The largest absolute Gasteiger partial charge is 0.462 e. The predicted molar refractivity (Wildman–Crippen MR) is 97.5 cm³/mol. The lowest BCUT2D eigenvalue weighted by Gasteiger charge is -2.17. The lowest BCUT2D eigenvalue weighted by Crippen LogP contribution is -2.32. The van der Waals surface area contributed by atoms with E-state index in [-0.39, 0.29) is 31.9 Å². The van der Waals surface area contributed by atoms with Gasteiger partial charge in [0.15, 0.2) is 0 Å². The van der Waals surface area contributed by atoms with E-state index in [0.29, 0.717) is 11.3 Å². The van der Waals surface area contributed by atoms with Crippen molar-refractivity contribution in [2.75, 3.05) is 31.6 Å². The molecular formula is C18H22N4O5. The van der Waals surface area contributed by atoms with E-state index in [1.807, 2.05) is 0 Å². The van der Waals surface area contributed by atoms with Gasteiger partial charge >= 0.3 is 12.1 Å². The molecule has 0 aliphatic carbocycles. The van der Waals surface area contributed by atoms with Crippen molar-refractivity contribution >= 4 is 23.7 Å². The van der Waals surface area contributed by atoms with Crippen molar-refractivity contribution in [3.05, 3.63) is 41.6 Å². The highest BCUT2D eigenvalue weighted by atomic mass is 16.6. The Morgan fingerprint density at radius 3 is 2.33 bits per heavy atom. The van der Waals surface area contributed by atoms with Crippen LogP contribution in [0.2, 0.25) is 0 Å². The number of benzene rings is 1. The number of rotatable bonds is 8. The molecule has 0 fully saturated rings. The number of nitriles is 1. The first-order valence-electron chi connectivity index (χ1n) is 8.30. The molecule has 2 amide bonds. The third kappa shape index (κ3) is 6.80. The van der Waals surface area contributed by atoms with Gasteiger partial charge in [-0.2, -0.15) is 5.26 Å². The lowest BCUT2D eigenvalue weighted by atomic mass is 10.2. The Kier molecular flexibility index (Phi) is 9.05. The number of carbonyl (C=O) groups excluding carboxylic acids is 3. The van der Waals surface area contributed by atoms with Gasteiger partial charge < -0.3 is 20.5 Å². The summed E-state index contributed by atoms with van der Waals surface area (Å²) >= 11 is 0. The van der Waals surface area contributed by atoms with Crippen molar-refractivity contribution in [3.8, 4) is 6.07 Å². The van der Waals surface area contributed by atoms with Crippen LogP contribution in [0.3, 0.4) is 0 Å². The molecule has 1 aromatic rings. The number of hydrogen-bond donors (Lipinski definition) is 2. The summed E-state index contributed by atoms with van der Waals surface area (Å²) in [5, 5.41) is 11.7. The highest BCUT2D eigenvalue weighted by molar-refractivity contribution is 6.06. The standard InChI is InChI=1S/C18H22N4O5/c1-3-26-17(24)13-5-7-15(8-6-13)21-16(23)14(11-20)12-22(10-9-19)18(25)27-4-2/h5-8,12H,3-4,9-10,19H2,1-2H3,(H,21,23)/b14-12-. The summed E-state index contributed by atoms with van der Waals surface area (Å²) < 4.78 is 9.73. The molecule has 0 saturated carbocycles. The Labute approximate surface area is 157 Å². The van der Waals surface area contributed by atoms with Crippen LogP contribution in [0.15, 0.2) is 36.0 Å². The van der Waals surface area contributed by atoms with Crippen LogP contribution >= 0.6 is 0 Å². The molecule has 0 aliphatic heterocycles. The number of nitrogens with zero attached hydrogens (tertiary/aromatic N) is 2. The molecule has 1 rings (SSSR count). The topological polar surface area (TPSA) is 135 Å². The van der Waals surface area contributed by atoms with Crippen molar-refractivity contribution in [1.82, 2.24) is 4.90 Å². The molecule has 1 aromatic carbocycles. The maximum Gasteiger partial charge on any atom is 0.413 e. The van der Waals surface area contributed by atoms with Crippen molar-refractivity contribution < 1.29 is 23.9 Å². The zero-order chi connectivity index (χ0) is 20.2. The number of amides is 2. The summed E-state index contributed by atoms with van der Waals surface area (Å²) in [7, 11) is 0. The fraction of sp³-hybridized carbons (Fsp3) is 0.333. The molecule has 0 unspecified atom stereocenters. The Bertz CT molecular complexity index is 737. The number of hydrogen-bond acceptors (Lipinski definition) is 7. The molecular weight excluding hydrogens is 352 g/mol. The summed E-state index contributed by atoms with van der Waals surface area (Å²) in [6.45, 7) is 3.96. The van der Waals surface area contributed by atoms with Crippen LogP contribution in [0.1, 0.15) is 24.2 Å². The van der Waals surface area contributed by atoms with Gasteiger partial charge in [0.05, 0.1) is 18.8 Å². The van der Waals surface area contributed by atoms with E-state index >= 15 is 0 Å². The summed E-state index contributed by atoms with van der Waals surface area (Å²) in [6, 6.07) is 7.72. The molecule has 0 saturated heterocycles. The zero-order valence-corrected chi connectivity index (χ0v) is 15.2. The molecule has 0 bridgehead atoms. The summed E-state index contributed by atoms with van der Waals surface area (Å²) in [5.74, 6) is -1.19. The van der Waals surface area contributed by atoms with Crippen LogP contribution in [0.4, 0.5) is 10.5 Å². The van der Waals surface area contributed by atoms with Crippen molar-refractivity contribution in [1.29, 1.82) is 5.26 Å². The molecule has 0 atom stereocenters. The normalized spacial score (nSPS) is 10.5. The SMILES string of the molecule is CCOC(=O)c1ccc(NC(=O)/C(C#N)=C\N(CCN)C(=O)OCC)cc1. The van der Waals surface area contributed by atoms with E-state index in [2.05, 4.69) is 5.32 Å². The quantitative estimate of drug-likeness (QED) is 0.401. The molecule has 0 heterocycles. The molecule has 0 aromatic heterocycles. The van der Waals surface area contributed by atoms with Gasteiger partial charge in [0.2, 0.25) is 0 Å². The van der Waals surface area contributed by atoms with Crippen LogP contribution in [0.5, 0.6) is 0 Å². The van der Waals surface area contributed by atoms with Gasteiger partial charge in [0.25, 0.3) is 5.91 Å². The number of nitrogens with one attached hydrogen (secondary N) is 1. The van der Waals surface area contributed by atoms with Gasteiger partial charge in [-0.1, -0.05) is 0 Å². The molecule has 9 heteroatoms. The van der Waals surface area contributed by atoms with Crippen molar-refractivity contribution in [2.45, 2.75) is 13.8 Å². The number of anilines is 1.